The Hall–Kier alpha value is -1.62. The van der Waals surface area contributed by atoms with Crippen LogP contribution < -0.4 is 10.1 Å². The van der Waals surface area contributed by atoms with E-state index in [2.05, 4.69) is 57.2 Å². The van der Waals surface area contributed by atoms with Crippen molar-refractivity contribution in [1.82, 2.24) is 9.97 Å². The molecule has 106 valence electrons. The number of hydrogen-bond donors (Lipinski definition) is 1. The molecule has 1 unspecified atom stereocenters. The van der Waals surface area contributed by atoms with E-state index in [0.29, 0.717) is 17.7 Å². The molecule has 0 bridgehead atoms. The van der Waals surface area contributed by atoms with Gasteiger partial charge in [-0.2, -0.15) is 4.98 Å². The molecule has 0 aliphatic rings. The van der Waals surface area contributed by atoms with Gasteiger partial charge in [0.05, 0.1) is 10.7 Å². The van der Waals surface area contributed by atoms with Crippen molar-refractivity contribution in [3.05, 3.63) is 40.5 Å². The fraction of sp³-hybridized carbons (Fsp3) is 0.333. The number of halogens is 1. The molecule has 5 heteroatoms. The van der Waals surface area contributed by atoms with E-state index in [4.69, 9.17) is 4.74 Å². The van der Waals surface area contributed by atoms with Gasteiger partial charge in [0.15, 0.2) is 0 Å². The van der Waals surface area contributed by atoms with E-state index in [1.807, 2.05) is 12.1 Å². The minimum atomic E-state index is 0.501. The van der Waals surface area contributed by atoms with E-state index in [9.17, 15) is 0 Å². The van der Waals surface area contributed by atoms with Gasteiger partial charge in [-0.3, -0.25) is 0 Å². The second kappa shape index (κ2) is 6.70. The van der Waals surface area contributed by atoms with Crippen molar-refractivity contribution < 1.29 is 4.74 Å². The van der Waals surface area contributed by atoms with Crippen LogP contribution in [-0.4, -0.2) is 17.0 Å². The summed E-state index contributed by atoms with van der Waals surface area (Å²) in [6.07, 6.45) is 2.80. The zero-order valence-electron chi connectivity index (χ0n) is 11.9. The normalized spacial score (nSPS) is 12.0. The van der Waals surface area contributed by atoms with Crippen LogP contribution in [-0.2, 0) is 0 Å². The first-order chi connectivity index (χ1) is 9.63. The average Bonchev–Trinajstić information content (AvgIpc) is 2.49. The third-order valence-corrected chi connectivity index (χ3v) is 3.76. The second-order valence-electron chi connectivity index (χ2n) is 4.58. The van der Waals surface area contributed by atoms with Crippen LogP contribution in [0.4, 0.5) is 5.95 Å². The molecule has 0 saturated carbocycles. The Bertz CT molecular complexity index is 572. The monoisotopic (exact) mass is 335 g/mol. The van der Waals surface area contributed by atoms with Crippen LogP contribution in [0.1, 0.15) is 31.7 Å². The Balaban J connectivity index is 2.17. The van der Waals surface area contributed by atoms with Crippen molar-refractivity contribution >= 4 is 21.9 Å². The third kappa shape index (κ3) is 3.48. The van der Waals surface area contributed by atoms with Crippen molar-refractivity contribution in [3.8, 4) is 11.6 Å². The fourth-order valence-electron chi connectivity index (χ4n) is 1.76. The number of nitrogens with one attached hydrogen (secondary N) is 1. The first kappa shape index (κ1) is 14.8. The lowest BCUT2D eigenvalue weighted by molar-refractivity contribution is 0.458. The third-order valence-electron chi connectivity index (χ3n) is 3.21. The Morgan fingerprint density at radius 1 is 1.30 bits per heavy atom. The van der Waals surface area contributed by atoms with Crippen LogP contribution in [0.3, 0.4) is 0 Å². The van der Waals surface area contributed by atoms with Crippen molar-refractivity contribution in [2.45, 2.75) is 26.2 Å². The molecule has 0 aliphatic carbocycles. The lowest BCUT2D eigenvalue weighted by Crippen LogP contribution is -1.98. The zero-order chi connectivity index (χ0) is 14.5. The van der Waals surface area contributed by atoms with Gasteiger partial charge in [0, 0.05) is 7.05 Å². The van der Waals surface area contributed by atoms with Gasteiger partial charge in [-0.15, -0.1) is 0 Å². The lowest BCUT2D eigenvalue weighted by Gasteiger charge is -2.11. The van der Waals surface area contributed by atoms with Gasteiger partial charge in [-0.25, -0.2) is 4.98 Å². The quantitative estimate of drug-likeness (QED) is 0.868. The maximum Gasteiger partial charge on any atom is 0.238 e. The van der Waals surface area contributed by atoms with Gasteiger partial charge in [-0.1, -0.05) is 26.0 Å². The van der Waals surface area contributed by atoms with Gasteiger partial charge in [0.25, 0.3) is 0 Å². The molecule has 1 atom stereocenters. The van der Waals surface area contributed by atoms with Gasteiger partial charge < -0.3 is 10.1 Å². The first-order valence-corrected chi connectivity index (χ1v) is 7.41. The molecular formula is C15H18BrN3O. The topological polar surface area (TPSA) is 47.0 Å². The summed E-state index contributed by atoms with van der Waals surface area (Å²) >= 11 is 3.39. The molecule has 1 aromatic carbocycles. The van der Waals surface area contributed by atoms with E-state index in [1.54, 1.807) is 13.2 Å². The number of benzene rings is 1. The van der Waals surface area contributed by atoms with E-state index in [-0.39, 0.29) is 0 Å². The van der Waals surface area contributed by atoms with Gasteiger partial charge in [-0.05, 0) is 46.0 Å². The van der Waals surface area contributed by atoms with Crippen LogP contribution in [0.2, 0.25) is 0 Å². The second-order valence-corrected chi connectivity index (χ2v) is 5.43. The molecule has 0 aliphatic heterocycles. The van der Waals surface area contributed by atoms with Crippen molar-refractivity contribution in [2.24, 2.45) is 0 Å². The summed E-state index contributed by atoms with van der Waals surface area (Å²) in [5.74, 6) is 2.35. The maximum absolute atomic E-state index is 5.78. The summed E-state index contributed by atoms with van der Waals surface area (Å²) in [7, 11) is 1.77. The van der Waals surface area contributed by atoms with Gasteiger partial charge in [0.2, 0.25) is 11.8 Å². The van der Waals surface area contributed by atoms with Crippen LogP contribution in [0.5, 0.6) is 11.6 Å². The summed E-state index contributed by atoms with van der Waals surface area (Å²) in [6.45, 7) is 4.41. The molecule has 0 amide bonds. The highest BCUT2D eigenvalue weighted by Crippen LogP contribution is 2.29. The number of aromatic nitrogens is 2. The average molecular weight is 336 g/mol. The number of anilines is 1. The van der Waals surface area contributed by atoms with Crippen LogP contribution >= 0.6 is 15.9 Å². The predicted octanol–water partition coefficient (Wildman–Crippen LogP) is 4.59. The van der Waals surface area contributed by atoms with Crippen molar-refractivity contribution in [3.63, 3.8) is 0 Å². The van der Waals surface area contributed by atoms with E-state index in [1.165, 1.54) is 5.56 Å². The van der Waals surface area contributed by atoms with Crippen LogP contribution in [0.15, 0.2) is 34.9 Å². The molecular weight excluding hydrogens is 318 g/mol. The number of rotatable bonds is 5. The highest BCUT2D eigenvalue weighted by Gasteiger charge is 2.08. The molecule has 1 heterocycles. The summed E-state index contributed by atoms with van der Waals surface area (Å²) in [6, 6.07) is 8.12. The number of ether oxygens (including phenoxy) is 1. The highest BCUT2D eigenvalue weighted by atomic mass is 79.9. The van der Waals surface area contributed by atoms with E-state index >= 15 is 0 Å². The zero-order valence-corrected chi connectivity index (χ0v) is 13.4. The molecule has 2 aromatic rings. The SMILES string of the molecule is CCC(C)c1ccc(Oc2nc(NC)ncc2Br)cc1. The summed E-state index contributed by atoms with van der Waals surface area (Å²) in [5.41, 5.74) is 1.32. The minimum absolute atomic E-state index is 0.501. The number of nitrogens with zero attached hydrogens (tertiary/aromatic N) is 2. The van der Waals surface area contributed by atoms with Crippen molar-refractivity contribution in [1.29, 1.82) is 0 Å². The summed E-state index contributed by atoms with van der Waals surface area (Å²) in [4.78, 5) is 8.37. The van der Waals surface area contributed by atoms with Crippen LogP contribution in [0, 0.1) is 0 Å². The summed E-state index contributed by atoms with van der Waals surface area (Å²) < 4.78 is 6.51. The van der Waals surface area contributed by atoms with Crippen molar-refractivity contribution in [2.75, 3.05) is 12.4 Å². The molecule has 0 fully saturated rings. The Morgan fingerprint density at radius 3 is 2.60 bits per heavy atom. The maximum atomic E-state index is 5.78. The minimum Gasteiger partial charge on any atom is -0.438 e. The molecule has 2 rings (SSSR count). The first-order valence-electron chi connectivity index (χ1n) is 6.62. The lowest BCUT2D eigenvalue weighted by atomic mass is 9.99. The standard InChI is InChI=1S/C15H18BrN3O/c1-4-10(2)11-5-7-12(8-6-11)20-14-13(16)9-18-15(17-3)19-14/h5-10H,4H2,1-3H3,(H,17,18,19). The molecule has 0 radical (unpaired) electrons. The summed E-state index contributed by atoms with van der Waals surface area (Å²) in [5, 5.41) is 2.89. The molecule has 4 nitrogen and oxygen atoms in total. The molecule has 20 heavy (non-hydrogen) atoms. The van der Waals surface area contributed by atoms with Crippen LogP contribution in [0.25, 0.3) is 0 Å². The van der Waals surface area contributed by atoms with E-state index < -0.39 is 0 Å². The molecule has 1 aromatic heterocycles. The Kier molecular flexibility index (Phi) is 4.95. The molecule has 1 N–H and O–H groups in total. The van der Waals surface area contributed by atoms with Gasteiger partial charge >= 0.3 is 0 Å². The Labute approximate surface area is 127 Å². The molecule has 0 saturated heterocycles. The molecule has 0 spiro atoms. The predicted molar refractivity (Wildman–Crippen MR) is 84.5 cm³/mol. The highest BCUT2D eigenvalue weighted by molar-refractivity contribution is 9.10. The largest absolute Gasteiger partial charge is 0.438 e. The Morgan fingerprint density at radius 2 is 2.00 bits per heavy atom. The smallest absolute Gasteiger partial charge is 0.238 e. The van der Waals surface area contributed by atoms with E-state index in [0.717, 1.165) is 16.6 Å². The number of hydrogen-bond acceptors (Lipinski definition) is 4. The fourth-order valence-corrected chi connectivity index (χ4v) is 2.03. The van der Waals surface area contributed by atoms with Gasteiger partial charge in [0.1, 0.15) is 5.75 Å².